The van der Waals surface area contributed by atoms with Gasteiger partial charge in [-0.2, -0.15) is 0 Å². The summed E-state index contributed by atoms with van der Waals surface area (Å²) in [4.78, 5) is 14.8. The van der Waals surface area contributed by atoms with E-state index in [1.54, 1.807) is 19.2 Å². The molecule has 1 aromatic carbocycles. The minimum atomic E-state index is -0.0154. The van der Waals surface area contributed by atoms with Crippen molar-refractivity contribution >= 4 is 23.1 Å². The Morgan fingerprint density at radius 1 is 1.47 bits per heavy atom. The Morgan fingerprint density at radius 3 is 2.89 bits per heavy atom. The second-order valence-electron chi connectivity index (χ2n) is 4.69. The van der Waals surface area contributed by atoms with Gasteiger partial charge in [0.05, 0.1) is 17.7 Å². The SMILES string of the molecule is COc1ccccc1C(=O)N1CCCC(C(N)=S)C1. The maximum Gasteiger partial charge on any atom is 0.257 e. The van der Waals surface area contributed by atoms with Crippen LogP contribution >= 0.6 is 12.2 Å². The van der Waals surface area contributed by atoms with E-state index in [4.69, 9.17) is 22.7 Å². The normalized spacial score (nSPS) is 19.0. The van der Waals surface area contributed by atoms with Gasteiger partial charge in [-0.15, -0.1) is 0 Å². The summed E-state index contributed by atoms with van der Waals surface area (Å²) in [6, 6.07) is 7.27. The first-order valence-electron chi connectivity index (χ1n) is 6.35. The van der Waals surface area contributed by atoms with E-state index < -0.39 is 0 Å². The van der Waals surface area contributed by atoms with Gasteiger partial charge >= 0.3 is 0 Å². The van der Waals surface area contributed by atoms with Crippen molar-refractivity contribution in [2.45, 2.75) is 12.8 Å². The van der Waals surface area contributed by atoms with Crippen LogP contribution in [-0.2, 0) is 0 Å². The van der Waals surface area contributed by atoms with E-state index in [0.717, 1.165) is 19.4 Å². The number of methoxy groups -OCH3 is 1. The number of thiocarbonyl (C=S) groups is 1. The molecule has 1 fully saturated rings. The minimum Gasteiger partial charge on any atom is -0.496 e. The minimum absolute atomic E-state index is 0.0154. The molecule has 1 atom stereocenters. The molecule has 1 aliphatic heterocycles. The highest BCUT2D eigenvalue weighted by atomic mass is 32.1. The molecule has 1 aromatic rings. The second kappa shape index (κ2) is 6.02. The van der Waals surface area contributed by atoms with E-state index in [0.29, 0.717) is 22.8 Å². The number of hydrogen-bond acceptors (Lipinski definition) is 3. The van der Waals surface area contributed by atoms with Gasteiger partial charge in [-0.3, -0.25) is 4.79 Å². The average molecular weight is 278 g/mol. The van der Waals surface area contributed by atoms with Gasteiger partial charge in [0.1, 0.15) is 5.75 Å². The van der Waals surface area contributed by atoms with Gasteiger partial charge in [-0.1, -0.05) is 24.4 Å². The van der Waals surface area contributed by atoms with E-state index >= 15 is 0 Å². The summed E-state index contributed by atoms with van der Waals surface area (Å²) in [6.45, 7) is 1.35. The third-order valence-electron chi connectivity index (χ3n) is 3.45. The Balaban J connectivity index is 2.17. The first kappa shape index (κ1) is 13.8. The zero-order chi connectivity index (χ0) is 13.8. The molecule has 0 spiro atoms. The molecule has 2 N–H and O–H groups in total. The van der Waals surface area contributed by atoms with Crippen LogP contribution in [0.25, 0.3) is 0 Å². The first-order chi connectivity index (χ1) is 9.13. The molecule has 19 heavy (non-hydrogen) atoms. The Bertz CT molecular complexity index is 490. The van der Waals surface area contributed by atoms with Gasteiger partial charge in [-0.25, -0.2) is 0 Å². The highest BCUT2D eigenvalue weighted by Gasteiger charge is 2.27. The highest BCUT2D eigenvalue weighted by Crippen LogP contribution is 2.23. The van der Waals surface area contributed by atoms with Crippen LogP contribution in [0.2, 0.25) is 0 Å². The van der Waals surface area contributed by atoms with Gasteiger partial charge in [0.25, 0.3) is 5.91 Å². The number of piperidine rings is 1. The number of para-hydroxylation sites is 1. The molecule has 0 aromatic heterocycles. The molecule has 4 nitrogen and oxygen atoms in total. The molecule has 102 valence electrons. The molecule has 5 heteroatoms. The molecule has 1 amide bonds. The predicted molar refractivity (Wildman–Crippen MR) is 78.4 cm³/mol. The van der Waals surface area contributed by atoms with Gasteiger partial charge in [0.15, 0.2) is 0 Å². The van der Waals surface area contributed by atoms with Gasteiger partial charge in [0.2, 0.25) is 0 Å². The zero-order valence-corrected chi connectivity index (χ0v) is 11.8. The molecular weight excluding hydrogens is 260 g/mol. The smallest absolute Gasteiger partial charge is 0.257 e. The summed E-state index contributed by atoms with van der Waals surface area (Å²) in [7, 11) is 1.57. The largest absolute Gasteiger partial charge is 0.496 e. The number of carbonyl (C=O) groups excluding carboxylic acids is 1. The third kappa shape index (κ3) is 3.04. The molecular formula is C14H18N2O2S. The van der Waals surface area contributed by atoms with Crippen LogP contribution in [0.1, 0.15) is 23.2 Å². The molecule has 1 unspecified atom stereocenters. The van der Waals surface area contributed by atoms with E-state index in [1.807, 2.05) is 17.0 Å². The fourth-order valence-electron chi connectivity index (χ4n) is 2.39. The molecule has 0 bridgehead atoms. The van der Waals surface area contributed by atoms with Crippen LogP contribution in [0.5, 0.6) is 5.75 Å². The van der Waals surface area contributed by atoms with Crippen LogP contribution in [0.15, 0.2) is 24.3 Å². The molecule has 1 aliphatic rings. The number of nitrogens with two attached hydrogens (primary N) is 1. The number of carbonyl (C=O) groups is 1. The average Bonchev–Trinajstić information content (AvgIpc) is 2.46. The Kier molecular flexibility index (Phi) is 4.37. The van der Waals surface area contributed by atoms with E-state index in [2.05, 4.69) is 0 Å². The quantitative estimate of drug-likeness (QED) is 0.857. The van der Waals surface area contributed by atoms with Crippen LogP contribution in [0.3, 0.4) is 0 Å². The number of likely N-dealkylation sites (tertiary alicyclic amines) is 1. The second-order valence-corrected chi connectivity index (χ2v) is 5.16. The third-order valence-corrected chi connectivity index (χ3v) is 3.78. The summed E-state index contributed by atoms with van der Waals surface area (Å²) in [5.74, 6) is 0.714. The number of rotatable bonds is 3. The number of nitrogens with zero attached hydrogens (tertiary/aromatic N) is 1. The van der Waals surface area contributed by atoms with E-state index in [1.165, 1.54) is 0 Å². The Labute approximate surface area is 118 Å². The van der Waals surface area contributed by atoms with Crippen molar-refractivity contribution in [1.29, 1.82) is 0 Å². The maximum absolute atomic E-state index is 12.5. The Morgan fingerprint density at radius 2 is 2.21 bits per heavy atom. The van der Waals surface area contributed by atoms with Gasteiger partial charge in [0, 0.05) is 19.0 Å². The standard InChI is InChI=1S/C14H18N2O2S/c1-18-12-7-3-2-6-11(12)14(17)16-8-4-5-10(9-16)13(15)19/h2-3,6-7,10H,4-5,8-9H2,1H3,(H2,15,19). The monoisotopic (exact) mass is 278 g/mol. The van der Waals surface area contributed by atoms with Crippen LogP contribution in [0, 0.1) is 5.92 Å². The molecule has 2 rings (SSSR count). The lowest BCUT2D eigenvalue weighted by molar-refractivity contribution is 0.0700. The van der Waals surface area contributed by atoms with Crippen molar-refractivity contribution in [3.05, 3.63) is 29.8 Å². The number of amides is 1. The number of hydrogen-bond donors (Lipinski definition) is 1. The molecule has 0 radical (unpaired) electrons. The van der Waals surface area contributed by atoms with Crippen molar-refractivity contribution in [3.8, 4) is 5.75 Å². The van der Waals surface area contributed by atoms with Gasteiger partial charge < -0.3 is 15.4 Å². The fourth-order valence-corrected chi connectivity index (χ4v) is 2.58. The molecule has 1 heterocycles. The lowest BCUT2D eigenvalue weighted by Crippen LogP contribution is -2.43. The number of ether oxygens (including phenoxy) is 1. The van der Waals surface area contributed by atoms with Crippen molar-refractivity contribution in [2.75, 3.05) is 20.2 Å². The molecule has 0 saturated carbocycles. The van der Waals surface area contributed by atoms with Crippen molar-refractivity contribution in [2.24, 2.45) is 11.7 Å². The topological polar surface area (TPSA) is 55.6 Å². The van der Waals surface area contributed by atoms with Crippen molar-refractivity contribution in [3.63, 3.8) is 0 Å². The van der Waals surface area contributed by atoms with Gasteiger partial charge in [-0.05, 0) is 25.0 Å². The predicted octanol–water partition coefficient (Wildman–Crippen LogP) is 1.83. The highest BCUT2D eigenvalue weighted by molar-refractivity contribution is 7.80. The zero-order valence-electron chi connectivity index (χ0n) is 11.0. The van der Waals surface area contributed by atoms with Crippen LogP contribution < -0.4 is 10.5 Å². The number of benzene rings is 1. The van der Waals surface area contributed by atoms with E-state index in [9.17, 15) is 4.79 Å². The maximum atomic E-state index is 12.5. The Hall–Kier alpha value is -1.62. The molecule has 0 aliphatic carbocycles. The first-order valence-corrected chi connectivity index (χ1v) is 6.76. The van der Waals surface area contributed by atoms with Crippen LogP contribution in [-0.4, -0.2) is 36.0 Å². The van der Waals surface area contributed by atoms with Crippen molar-refractivity contribution in [1.82, 2.24) is 4.90 Å². The lowest BCUT2D eigenvalue weighted by Gasteiger charge is -2.32. The molecule has 1 saturated heterocycles. The lowest BCUT2D eigenvalue weighted by atomic mass is 9.97. The summed E-state index contributed by atoms with van der Waals surface area (Å²) in [5, 5.41) is 0. The summed E-state index contributed by atoms with van der Waals surface area (Å²) >= 11 is 5.04. The van der Waals surface area contributed by atoms with Crippen LogP contribution in [0.4, 0.5) is 0 Å². The fraction of sp³-hybridized carbons (Fsp3) is 0.429. The van der Waals surface area contributed by atoms with Crippen molar-refractivity contribution < 1.29 is 9.53 Å². The summed E-state index contributed by atoms with van der Waals surface area (Å²) < 4.78 is 5.23. The summed E-state index contributed by atoms with van der Waals surface area (Å²) in [6.07, 6.45) is 1.90. The summed E-state index contributed by atoms with van der Waals surface area (Å²) in [5.41, 5.74) is 6.28. The van der Waals surface area contributed by atoms with E-state index in [-0.39, 0.29) is 11.8 Å².